The summed E-state index contributed by atoms with van der Waals surface area (Å²) in [4.78, 5) is 17.1. The second-order valence-electron chi connectivity index (χ2n) is 8.93. The standard InChI is InChI=1S/C22H36N4O3S/c1-2-12-30(28,29)26-20(22(27)25-15-16-10-11-21(23)24-14-16)13-18-8-5-7-17-6-3-4-9-19(17)18/h10-11,14,17-20,26H,2-9,12-13,15H2,1H3,(H2,23,24)(H,25,27)/t17?,18?,19?,20-/m0/s1. The van der Waals surface area contributed by atoms with E-state index in [0.29, 0.717) is 37.0 Å². The molecule has 1 aromatic rings. The third-order valence-corrected chi connectivity index (χ3v) is 8.28. The number of fused-ring (bicyclic) bond motifs is 1. The van der Waals surface area contributed by atoms with Gasteiger partial charge in [0.2, 0.25) is 15.9 Å². The van der Waals surface area contributed by atoms with E-state index in [-0.39, 0.29) is 11.7 Å². The van der Waals surface area contributed by atoms with E-state index in [4.69, 9.17) is 5.73 Å². The van der Waals surface area contributed by atoms with Crippen molar-refractivity contribution in [1.82, 2.24) is 15.0 Å². The van der Waals surface area contributed by atoms with Gasteiger partial charge >= 0.3 is 0 Å². The third-order valence-electron chi connectivity index (χ3n) is 6.69. The molecule has 7 nitrogen and oxygen atoms in total. The molecule has 1 amide bonds. The minimum atomic E-state index is -3.48. The maximum atomic E-state index is 13.0. The van der Waals surface area contributed by atoms with Crippen LogP contribution in [0.3, 0.4) is 0 Å². The van der Waals surface area contributed by atoms with E-state index >= 15 is 0 Å². The number of aromatic nitrogens is 1. The van der Waals surface area contributed by atoms with Crippen molar-refractivity contribution >= 4 is 21.7 Å². The number of pyridine rings is 1. The summed E-state index contributed by atoms with van der Waals surface area (Å²) < 4.78 is 27.6. The van der Waals surface area contributed by atoms with Gasteiger partial charge in [-0.15, -0.1) is 0 Å². The fraction of sp³-hybridized carbons (Fsp3) is 0.727. The van der Waals surface area contributed by atoms with Crippen LogP contribution in [0.25, 0.3) is 0 Å². The minimum Gasteiger partial charge on any atom is -0.384 e. The number of hydrogen-bond acceptors (Lipinski definition) is 5. The zero-order chi connectivity index (χ0) is 21.6. The predicted octanol–water partition coefficient (Wildman–Crippen LogP) is 2.97. The van der Waals surface area contributed by atoms with E-state index in [0.717, 1.165) is 17.9 Å². The van der Waals surface area contributed by atoms with Crippen LogP contribution in [0, 0.1) is 17.8 Å². The lowest BCUT2D eigenvalue weighted by Crippen LogP contribution is -2.49. The second kappa shape index (κ2) is 10.6. The first-order valence-corrected chi connectivity index (χ1v) is 13.0. The number of nitrogens with two attached hydrogens (primary N) is 1. The van der Waals surface area contributed by atoms with Crippen molar-refractivity contribution in [2.45, 2.75) is 77.3 Å². The molecule has 2 saturated carbocycles. The Morgan fingerprint density at radius 2 is 1.97 bits per heavy atom. The Labute approximate surface area is 180 Å². The summed E-state index contributed by atoms with van der Waals surface area (Å²) >= 11 is 0. The third kappa shape index (κ3) is 6.41. The van der Waals surface area contributed by atoms with Gasteiger partial charge in [-0.1, -0.05) is 51.5 Å². The molecule has 3 unspecified atom stereocenters. The molecular formula is C22H36N4O3S. The van der Waals surface area contributed by atoms with Crippen LogP contribution < -0.4 is 15.8 Å². The van der Waals surface area contributed by atoms with E-state index in [9.17, 15) is 13.2 Å². The molecule has 168 valence electrons. The summed E-state index contributed by atoms with van der Waals surface area (Å²) in [7, 11) is -3.48. The quantitative estimate of drug-likeness (QED) is 0.551. The molecule has 4 atom stereocenters. The van der Waals surface area contributed by atoms with Crippen LogP contribution in [0.15, 0.2) is 18.3 Å². The largest absolute Gasteiger partial charge is 0.384 e. The molecule has 1 heterocycles. The number of rotatable bonds is 9. The number of nitrogens with zero attached hydrogens (tertiary/aromatic N) is 1. The Morgan fingerprint density at radius 3 is 2.70 bits per heavy atom. The fourth-order valence-corrected chi connectivity index (χ4v) is 6.57. The lowest BCUT2D eigenvalue weighted by Gasteiger charge is -2.42. The Kier molecular flexibility index (Phi) is 8.11. The molecule has 2 aliphatic rings. The number of amides is 1. The van der Waals surface area contributed by atoms with Crippen molar-refractivity contribution in [3.8, 4) is 0 Å². The lowest BCUT2D eigenvalue weighted by molar-refractivity contribution is -0.123. The van der Waals surface area contributed by atoms with E-state index in [1.807, 2.05) is 13.0 Å². The maximum absolute atomic E-state index is 13.0. The van der Waals surface area contributed by atoms with Crippen molar-refractivity contribution in [3.63, 3.8) is 0 Å². The summed E-state index contributed by atoms with van der Waals surface area (Å²) in [6.45, 7) is 2.13. The molecule has 4 N–H and O–H groups in total. The molecule has 0 bridgehead atoms. The molecule has 8 heteroatoms. The first-order valence-electron chi connectivity index (χ1n) is 11.4. The van der Waals surface area contributed by atoms with Crippen LogP contribution in [-0.2, 0) is 21.4 Å². The van der Waals surface area contributed by atoms with Crippen molar-refractivity contribution < 1.29 is 13.2 Å². The number of carbonyl (C=O) groups excluding carboxylic acids is 1. The van der Waals surface area contributed by atoms with Crippen LogP contribution in [0.5, 0.6) is 0 Å². The Balaban J connectivity index is 1.68. The predicted molar refractivity (Wildman–Crippen MR) is 119 cm³/mol. The highest BCUT2D eigenvalue weighted by Crippen LogP contribution is 2.45. The van der Waals surface area contributed by atoms with E-state index < -0.39 is 16.1 Å². The van der Waals surface area contributed by atoms with Crippen molar-refractivity contribution in [2.75, 3.05) is 11.5 Å². The van der Waals surface area contributed by atoms with Gasteiger partial charge in [0, 0.05) is 12.7 Å². The molecule has 2 fully saturated rings. The highest BCUT2D eigenvalue weighted by molar-refractivity contribution is 7.89. The molecule has 0 spiro atoms. The monoisotopic (exact) mass is 436 g/mol. The molecular weight excluding hydrogens is 400 g/mol. The van der Waals surface area contributed by atoms with Gasteiger partial charge in [0.15, 0.2) is 0 Å². The van der Waals surface area contributed by atoms with Gasteiger partial charge < -0.3 is 11.1 Å². The number of sulfonamides is 1. The average Bonchev–Trinajstić information content (AvgIpc) is 2.72. The smallest absolute Gasteiger partial charge is 0.238 e. The van der Waals surface area contributed by atoms with Gasteiger partial charge in [-0.2, -0.15) is 0 Å². The number of hydrogen-bond donors (Lipinski definition) is 3. The molecule has 0 aliphatic heterocycles. The summed E-state index contributed by atoms with van der Waals surface area (Å²) in [5.41, 5.74) is 6.44. The van der Waals surface area contributed by atoms with E-state index in [2.05, 4.69) is 15.0 Å². The van der Waals surface area contributed by atoms with E-state index in [1.54, 1.807) is 12.3 Å². The average molecular weight is 437 g/mol. The summed E-state index contributed by atoms with van der Waals surface area (Å²) in [6.07, 6.45) is 11.3. The molecule has 1 aromatic heterocycles. The van der Waals surface area contributed by atoms with Crippen molar-refractivity contribution in [2.24, 2.45) is 17.8 Å². The minimum absolute atomic E-state index is 0.0371. The SMILES string of the molecule is CCCS(=O)(=O)N[C@@H](CC1CCCC2CCCCC21)C(=O)NCc1ccc(N)nc1. The van der Waals surface area contributed by atoms with Crippen LogP contribution >= 0.6 is 0 Å². The summed E-state index contributed by atoms with van der Waals surface area (Å²) in [6, 6.07) is 2.77. The zero-order valence-corrected chi connectivity index (χ0v) is 18.8. The number of nitrogens with one attached hydrogen (secondary N) is 2. The lowest BCUT2D eigenvalue weighted by atomic mass is 9.64. The van der Waals surface area contributed by atoms with Crippen molar-refractivity contribution in [3.05, 3.63) is 23.9 Å². The first kappa shape index (κ1) is 23.0. The Hall–Kier alpha value is -1.67. The molecule has 0 saturated heterocycles. The van der Waals surface area contributed by atoms with Crippen LogP contribution in [0.4, 0.5) is 5.82 Å². The number of carbonyl (C=O) groups is 1. The zero-order valence-electron chi connectivity index (χ0n) is 18.0. The molecule has 0 aromatic carbocycles. The fourth-order valence-electron chi connectivity index (χ4n) is 5.27. The van der Waals surface area contributed by atoms with Crippen LogP contribution in [-0.4, -0.2) is 31.1 Å². The summed E-state index contributed by atoms with van der Waals surface area (Å²) in [5.74, 6) is 1.98. The highest BCUT2D eigenvalue weighted by atomic mass is 32.2. The maximum Gasteiger partial charge on any atom is 0.238 e. The van der Waals surface area contributed by atoms with Crippen LogP contribution in [0.2, 0.25) is 0 Å². The van der Waals surface area contributed by atoms with Gasteiger partial charge in [-0.05, 0) is 48.6 Å². The van der Waals surface area contributed by atoms with Gasteiger partial charge in [0.1, 0.15) is 11.9 Å². The van der Waals surface area contributed by atoms with Gasteiger partial charge in [-0.25, -0.2) is 18.1 Å². The normalized spacial score (nSPS) is 25.3. The number of anilines is 1. The topological polar surface area (TPSA) is 114 Å². The van der Waals surface area contributed by atoms with Gasteiger partial charge in [0.05, 0.1) is 5.75 Å². The van der Waals surface area contributed by atoms with Crippen molar-refractivity contribution in [1.29, 1.82) is 0 Å². The van der Waals surface area contributed by atoms with E-state index in [1.165, 1.54) is 38.5 Å². The number of nitrogen functional groups attached to an aromatic ring is 1. The molecule has 30 heavy (non-hydrogen) atoms. The second-order valence-corrected chi connectivity index (χ2v) is 10.8. The Morgan fingerprint density at radius 1 is 1.20 bits per heavy atom. The first-order chi connectivity index (χ1) is 14.4. The van der Waals surface area contributed by atoms with Gasteiger partial charge in [-0.3, -0.25) is 4.79 Å². The molecule has 3 rings (SSSR count). The summed E-state index contributed by atoms with van der Waals surface area (Å²) in [5, 5.41) is 2.90. The molecule has 2 aliphatic carbocycles. The highest BCUT2D eigenvalue weighted by Gasteiger charge is 2.37. The molecule has 0 radical (unpaired) electrons. The van der Waals surface area contributed by atoms with Crippen LogP contribution in [0.1, 0.15) is 70.3 Å². The van der Waals surface area contributed by atoms with Gasteiger partial charge in [0.25, 0.3) is 0 Å². The Bertz CT molecular complexity index is 795.